The highest BCUT2D eigenvalue weighted by Crippen LogP contribution is 2.38. The summed E-state index contributed by atoms with van der Waals surface area (Å²) in [6.07, 6.45) is 2.69. The predicted octanol–water partition coefficient (Wildman–Crippen LogP) is 3.23. The van der Waals surface area contributed by atoms with Crippen molar-refractivity contribution in [3.8, 4) is 0 Å². The fraction of sp³-hybridized carbons (Fsp3) is 0.895. The molecule has 0 saturated carbocycles. The van der Waals surface area contributed by atoms with Gasteiger partial charge in [0.25, 0.3) is 0 Å². The van der Waals surface area contributed by atoms with Crippen LogP contribution in [-0.4, -0.2) is 75.6 Å². The molecular formula is C19H38N2O8Si2. The number of hydrogen-bond donors (Lipinski definition) is 0. The van der Waals surface area contributed by atoms with Crippen LogP contribution in [0.15, 0.2) is 9.98 Å². The second kappa shape index (κ2) is 17.5. The summed E-state index contributed by atoms with van der Waals surface area (Å²) in [6.45, 7) is 13.8. The van der Waals surface area contributed by atoms with Gasteiger partial charge < -0.3 is 26.6 Å². The van der Waals surface area contributed by atoms with Gasteiger partial charge in [0.1, 0.15) is 0 Å². The zero-order valence-corrected chi connectivity index (χ0v) is 21.7. The van der Waals surface area contributed by atoms with Crippen molar-refractivity contribution >= 4 is 29.8 Å². The van der Waals surface area contributed by atoms with E-state index < -0.39 is 23.8 Å². The Hall–Kier alpha value is -1.05. The van der Waals surface area contributed by atoms with Gasteiger partial charge in [-0.05, 0) is 54.4 Å². The lowest BCUT2D eigenvalue weighted by Crippen LogP contribution is -2.52. The molecule has 10 nitrogen and oxygen atoms in total. The summed E-state index contributed by atoms with van der Waals surface area (Å²) < 4.78 is 36.2. The summed E-state index contributed by atoms with van der Waals surface area (Å²) >= 11 is 0. The molecule has 0 aromatic rings. The van der Waals surface area contributed by atoms with Crippen LogP contribution in [0.3, 0.4) is 0 Å². The maximum absolute atomic E-state index is 10.9. The van der Waals surface area contributed by atoms with Gasteiger partial charge in [0.2, 0.25) is 12.2 Å². The van der Waals surface area contributed by atoms with Gasteiger partial charge in [-0.3, -0.25) is 0 Å². The van der Waals surface area contributed by atoms with Crippen LogP contribution in [0.1, 0.15) is 54.4 Å². The van der Waals surface area contributed by atoms with E-state index in [9.17, 15) is 9.59 Å². The fourth-order valence-corrected chi connectivity index (χ4v) is 9.54. The van der Waals surface area contributed by atoms with Gasteiger partial charge in [0.15, 0.2) is 6.17 Å². The van der Waals surface area contributed by atoms with Crippen molar-refractivity contribution in [3.63, 3.8) is 0 Å². The quantitative estimate of drug-likeness (QED) is 0.149. The Morgan fingerprint density at radius 2 is 1.06 bits per heavy atom. The van der Waals surface area contributed by atoms with Crippen molar-refractivity contribution in [3.05, 3.63) is 0 Å². The summed E-state index contributed by atoms with van der Waals surface area (Å²) in [7, 11) is -6.19. The van der Waals surface area contributed by atoms with E-state index in [0.29, 0.717) is 52.1 Å². The number of aliphatic imine (C=N–C) groups is 2. The molecule has 12 heteroatoms. The molecule has 0 aromatic heterocycles. The lowest BCUT2D eigenvalue weighted by atomic mass is 10.2. The second-order valence-corrected chi connectivity index (χ2v) is 11.9. The molecule has 1 atom stereocenters. The highest BCUT2D eigenvalue weighted by molar-refractivity contribution is 6.63. The van der Waals surface area contributed by atoms with E-state index >= 15 is 0 Å². The molecule has 0 aliphatic rings. The summed E-state index contributed by atoms with van der Waals surface area (Å²) in [5.41, 5.74) is -0.334. The van der Waals surface area contributed by atoms with Crippen molar-refractivity contribution in [1.29, 1.82) is 0 Å². The third-order valence-electron chi connectivity index (χ3n) is 4.33. The van der Waals surface area contributed by atoms with Crippen LogP contribution < -0.4 is 0 Å². The Labute approximate surface area is 188 Å². The minimum Gasteiger partial charge on any atom is -0.374 e. The second-order valence-electron chi connectivity index (χ2n) is 6.28. The topological polar surface area (TPSA) is 114 Å². The van der Waals surface area contributed by atoms with Crippen LogP contribution in [0.4, 0.5) is 0 Å². The highest BCUT2D eigenvalue weighted by atomic mass is 28.4. The number of rotatable bonds is 20. The summed E-state index contributed by atoms with van der Waals surface area (Å²) in [4.78, 5) is 29.0. The Balaban J connectivity index is 6.11. The van der Waals surface area contributed by atoms with E-state index in [0.717, 1.165) is 0 Å². The van der Waals surface area contributed by atoms with Gasteiger partial charge >= 0.3 is 17.6 Å². The maximum Gasteiger partial charge on any atom is 0.504 e. The van der Waals surface area contributed by atoms with Crippen LogP contribution >= 0.6 is 0 Å². The normalized spacial score (nSPS) is 13.9. The Kier molecular flexibility index (Phi) is 16.9. The SMILES string of the molecule is CCO[Si](CCC(CC(N=C=O)N=C=O)[Si](OCC)(OCC)OCC)(OCC)OCC. The van der Waals surface area contributed by atoms with Crippen molar-refractivity contribution < 1.29 is 36.1 Å². The fourth-order valence-electron chi connectivity index (χ4n) is 3.38. The van der Waals surface area contributed by atoms with Gasteiger partial charge in [-0.1, -0.05) is 0 Å². The zero-order valence-electron chi connectivity index (χ0n) is 19.7. The number of hydrogen-bond acceptors (Lipinski definition) is 10. The molecule has 0 fully saturated rings. The third-order valence-corrected chi connectivity index (χ3v) is 11.0. The van der Waals surface area contributed by atoms with Gasteiger partial charge in [0, 0.05) is 51.2 Å². The summed E-state index contributed by atoms with van der Waals surface area (Å²) in [6, 6.07) is 0.484. The predicted molar refractivity (Wildman–Crippen MR) is 119 cm³/mol. The largest absolute Gasteiger partial charge is 0.504 e. The van der Waals surface area contributed by atoms with Crippen molar-refractivity contribution in [2.75, 3.05) is 39.6 Å². The van der Waals surface area contributed by atoms with Crippen LogP contribution in [0.2, 0.25) is 11.6 Å². The van der Waals surface area contributed by atoms with Gasteiger partial charge in [-0.15, -0.1) is 0 Å². The van der Waals surface area contributed by atoms with Gasteiger partial charge in [0.05, 0.1) is 0 Å². The van der Waals surface area contributed by atoms with Crippen LogP contribution in [0.25, 0.3) is 0 Å². The molecule has 0 saturated heterocycles. The molecule has 1 unspecified atom stereocenters. The minimum absolute atomic E-state index is 0.200. The first-order valence-electron chi connectivity index (χ1n) is 10.9. The summed E-state index contributed by atoms with van der Waals surface area (Å²) in [5, 5.41) is 0. The maximum atomic E-state index is 10.9. The van der Waals surface area contributed by atoms with Crippen LogP contribution in [-0.2, 0) is 36.1 Å². The lowest BCUT2D eigenvalue weighted by molar-refractivity contribution is 0.0542. The molecule has 180 valence electrons. The van der Waals surface area contributed by atoms with E-state index in [4.69, 9.17) is 26.6 Å². The molecule has 0 aliphatic carbocycles. The molecular weight excluding hydrogens is 440 g/mol. The van der Waals surface area contributed by atoms with Crippen molar-refractivity contribution in [2.45, 2.75) is 72.1 Å². The molecule has 0 radical (unpaired) electrons. The first-order chi connectivity index (χ1) is 15.0. The lowest BCUT2D eigenvalue weighted by Gasteiger charge is -2.37. The van der Waals surface area contributed by atoms with Gasteiger partial charge in [-0.25, -0.2) is 9.59 Å². The van der Waals surface area contributed by atoms with Crippen LogP contribution in [0, 0.1) is 0 Å². The number of isocyanates is 2. The van der Waals surface area contributed by atoms with E-state index in [1.165, 1.54) is 12.2 Å². The summed E-state index contributed by atoms with van der Waals surface area (Å²) in [5.74, 6) is 0. The van der Waals surface area contributed by atoms with E-state index in [2.05, 4.69) is 9.98 Å². The Morgan fingerprint density at radius 1 is 0.677 bits per heavy atom. The average Bonchev–Trinajstić information content (AvgIpc) is 2.72. The third kappa shape index (κ3) is 10.4. The molecule has 0 aliphatic heterocycles. The van der Waals surface area contributed by atoms with Crippen molar-refractivity contribution in [2.24, 2.45) is 9.98 Å². The molecule has 0 amide bonds. The molecule has 0 N–H and O–H groups in total. The molecule has 31 heavy (non-hydrogen) atoms. The molecule has 0 spiro atoms. The number of nitrogens with zero attached hydrogens (tertiary/aromatic N) is 2. The first kappa shape index (κ1) is 30.0. The monoisotopic (exact) mass is 478 g/mol. The van der Waals surface area contributed by atoms with E-state index in [-0.39, 0.29) is 12.0 Å². The Bertz CT molecular complexity index is 519. The minimum atomic E-state index is -3.24. The molecule has 0 rings (SSSR count). The van der Waals surface area contributed by atoms with Crippen molar-refractivity contribution in [1.82, 2.24) is 0 Å². The van der Waals surface area contributed by atoms with Crippen LogP contribution in [0.5, 0.6) is 0 Å². The van der Waals surface area contributed by atoms with E-state index in [1.807, 2.05) is 41.5 Å². The smallest absolute Gasteiger partial charge is 0.374 e. The highest BCUT2D eigenvalue weighted by Gasteiger charge is 2.52. The average molecular weight is 479 g/mol. The first-order valence-corrected chi connectivity index (χ1v) is 14.7. The molecule has 0 aromatic carbocycles. The molecule has 0 bridgehead atoms. The zero-order chi connectivity index (χ0) is 23.6. The number of carbonyl (C=O) groups excluding carboxylic acids is 2. The standard InChI is InChI=1S/C19H38N2O8Si2/c1-7-24-30(25-8-2,26-9-3)14-13-18(15-19(20-16-22)21-17-23)31(27-10-4,28-11-5)29-12-6/h18-19H,7-15H2,1-6H3. The van der Waals surface area contributed by atoms with Gasteiger partial charge in [-0.2, -0.15) is 9.98 Å². The Morgan fingerprint density at radius 3 is 1.39 bits per heavy atom. The molecule has 0 heterocycles. The van der Waals surface area contributed by atoms with E-state index in [1.54, 1.807) is 0 Å².